The molecule has 0 saturated heterocycles. The molecule has 0 saturated carbocycles. The normalized spacial score (nSPS) is 19.5. The summed E-state index contributed by atoms with van der Waals surface area (Å²) < 4.78 is 0. The fraction of sp³-hybridized carbons (Fsp3) is 0.579. The number of fused-ring (bicyclic) bond motifs is 1. The van der Waals surface area contributed by atoms with E-state index in [1.165, 1.54) is 6.92 Å². The van der Waals surface area contributed by atoms with Crippen LogP contribution in [0.1, 0.15) is 67.4 Å². The molecule has 134 valence electrons. The molecular weight excluding hydrogens is 326 g/mol. The van der Waals surface area contributed by atoms with E-state index in [0.717, 1.165) is 49.9 Å². The third kappa shape index (κ3) is 4.17. The lowest BCUT2D eigenvalue weighted by Gasteiger charge is -2.39. The summed E-state index contributed by atoms with van der Waals surface area (Å²) in [6, 6.07) is 5.58. The van der Waals surface area contributed by atoms with E-state index < -0.39 is 11.9 Å². The number of benzene rings is 1. The minimum absolute atomic E-state index is 0. The van der Waals surface area contributed by atoms with Gasteiger partial charge in [0.05, 0.1) is 5.92 Å². The molecule has 1 aromatic rings. The molecular formula is C19H28ClNO3. The first-order chi connectivity index (χ1) is 11.0. The van der Waals surface area contributed by atoms with Gasteiger partial charge in [0.15, 0.2) is 5.78 Å². The topological polar surface area (TPSA) is 57.6 Å². The van der Waals surface area contributed by atoms with Crippen LogP contribution in [0.3, 0.4) is 0 Å². The van der Waals surface area contributed by atoms with E-state index in [2.05, 4.69) is 18.7 Å². The maximum absolute atomic E-state index is 12.1. The molecule has 1 aromatic carbocycles. The minimum Gasteiger partial charge on any atom is -0.481 e. The molecule has 1 aliphatic rings. The smallest absolute Gasteiger partial charge is 0.312 e. The van der Waals surface area contributed by atoms with Gasteiger partial charge in [0.25, 0.3) is 0 Å². The van der Waals surface area contributed by atoms with E-state index >= 15 is 0 Å². The van der Waals surface area contributed by atoms with Crippen LogP contribution in [0, 0.1) is 0 Å². The van der Waals surface area contributed by atoms with Gasteiger partial charge in [-0.2, -0.15) is 0 Å². The van der Waals surface area contributed by atoms with Crippen molar-refractivity contribution in [2.45, 2.75) is 58.4 Å². The second-order valence-electron chi connectivity index (χ2n) is 6.39. The lowest BCUT2D eigenvalue weighted by atomic mass is 9.75. The van der Waals surface area contributed by atoms with Gasteiger partial charge < -0.3 is 5.11 Å². The zero-order chi connectivity index (χ0) is 17.0. The van der Waals surface area contributed by atoms with E-state index in [1.54, 1.807) is 6.07 Å². The largest absolute Gasteiger partial charge is 0.481 e. The van der Waals surface area contributed by atoms with Crippen molar-refractivity contribution in [1.29, 1.82) is 0 Å². The molecule has 0 amide bonds. The number of rotatable bonds is 7. The monoisotopic (exact) mass is 353 g/mol. The maximum Gasteiger partial charge on any atom is 0.312 e. The highest BCUT2D eigenvalue weighted by molar-refractivity contribution is 5.98. The molecule has 0 bridgehead atoms. The average Bonchev–Trinajstić information content (AvgIpc) is 2.52. The number of ketones is 1. The molecule has 1 N–H and O–H groups in total. The van der Waals surface area contributed by atoms with E-state index in [9.17, 15) is 14.7 Å². The van der Waals surface area contributed by atoms with Crippen molar-refractivity contribution in [3.63, 3.8) is 0 Å². The number of nitrogens with zero attached hydrogens (tertiary/aromatic N) is 1. The summed E-state index contributed by atoms with van der Waals surface area (Å²) >= 11 is 0. The number of halogens is 1. The Kier molecular flexibility index (Phi) is 7.91. The van der Waals surface area contributed by atoms with Crippen molar-refractivity contribution in [2.75, 3.05) is 13.1 Å². The van der Waals surface area contributed by atoms with Gasteiger partial charge in [0.2, 0.25) is 0 Å². The van der Waals surface area contributed by atoms with Gasteiger partial charge in [-0.3, -0.25) is 14.5 Å². The third-order valence-corrected chi connectivity index (χ3v) is 4.74. The molecule has 4 nitrogen and oxygen atoms in total. The first kappa shape index (κ1) is 20.7. The average molecular weight is 354 g/mol. The summed E-state index contributed by atoms with van der Waals surface area (Å²) in [6.45, 7) is 7.57. The van der Waals surface area contributed by atoms with Crippen LogP contribution in [0.5, 0.6) is 0 Å². The summed E-state index contributed by atoms with van der Waals surface area (Å²) in [5.41, 5.74) is 2.35. The predicted molar refractivity (Wildman–Crippen MR) is 98.3 cm³/mol. The second kappa shape index (κ2) is 9.19. The van der Waals surface area contributed by atoms with Crippen LogP contribution in [0.15, 0.2) is 18.2 Å². The summed E-state index contributed by atoms with van der Waals surface area (Å²) in [7, 11) is 0. The Bertz CT molecular complexity index is 582. The van der Waals surface area contributed by atoms with Gasteiger partial charge in [-0.25, -0.2) is 0 Å². The standard InChI is InChI=1S/C19H27NO3.ClH/c1-4-11-20(12-5-2)16-10-9-14-7-6-8-15(13(3)21)17(14)18(16)19(22)23;/h6-8,16,18H,4-5,9-12H2,1-3H3,(H,22,23);1H. The molecule has 2 atom stereocenters. The highest BCUT2D eigenvalue weighted by Crippen LogP contribution is 2.37. The van der Waals surface area contributed by atoms with Crippen molar-refractivity contribution in [3.05, 3.63) is 34.9 Å². The fourth-order valence-electron chi connectivity index (χ4n) is 3.87. The SMILES string of the molecule is CCCN(CCC)C1CCc2cccc(C(C)=O)c2C1C(=O)O.Cl. The number of aliphatic carboxylic acids is 1. The number of carbonyl (C=O) groups is 2. The van der Waals surface area contributed by atoms with Gasteiger partial charge in [-0.1, -0.05) is 32.0 Å². The van der Waals surface area contributed by atoms with Gasteiger partial charge in [-0.15, -0.1) is 12.4 Å². The molecule has 24 heavy (non-hydrogen) atoms. The number of hydrogen-bond donors (Lipinski definition) is 1. The predicted octanol–water partition coefficient (Wildman–Crippen LogP) is 3.92. The van der Waals surface area contributed by atoms with E-state index in [-0.39, 0.29) is 24.2 Å². The molecule has 0 aliphatic heterocycles. The van der Waals surface area contributed by atoms with Gasteiger partial charge in [-0.05, 0) is 56.8 Å². The quantitative estimate of drug-likeness (QED) is 0.755. The van der Waals surface area contributed by atoms with E-state index in [4.69, 9.17) is 0 Å². The first-order valence-corrected chi connectivity index (χ1v) is 8.60. The van der Waals surface area contributed by atoms with Crippen molar-refractivity contribution in [2.24, 2.45) is 0 Å². The van der Waals surface area contributed by atoms with Gasteiger partial charge >= 0.3 is 5.97 Å². The number of aryl methyl sites for hydroxylation is 1. The van der Waals surface area contributed by atoms with Crippen LogP contribution in [0.2, 0.25) is 0 Å². The Labute approximate surface area is 150 Å². The number of carboxylic acids is 1. The number of hydrogen-bond acceptors (Lipinski definition) is 3. The number of Topliss-reactive ketones (excluding diaryl/α,β-unsaturated/α-hetero) is 1. The lowest BCUT2D eigenvalue weighted by Crippen LogP contribution is -2.46. The fourth-order valence-corrected chi connectivity index (χ4v) is 3.87. The molecule has 0 aromatic heterocycles. The van der Waals surface area contributed by atoms with Crippen molar-refractivity contribution < 1.29 is 14.7 Å². The van der Waals surface area contributed by atoms with E-state index in [1.807, 2.05) is 12.1 Å². The van der Waals surface area contributed by atoms with Crippen LogP contribution < -0.4 is 0 Å². The van der Waals surface area contributed by atoms with Crippen LogP contribution in [-0.2, 0) is 11.2 Å². The molecule has 0 heterocycles. The number of carboxylic acid groups (broad SMARTS) is 1. The van der Waals surface area contributed by atoms with Crippen molar-refractivity contribution in [1.82, 2.24) is 4.90 Å². The summed E-state index contributed by atoms with van der Waals surface area (Å²) in [4.78, 5) is 26.4. The second-order valence-corrected chi connectivity index (χ2v) is 6.39. The first-order valence-electron chi connectivity index (χ1n) is 8.60. The zero-order valence-electron chi connectivity index (χ0n) is 14.7. The van der Waals surface area contributed by atoms with Crippen molar-refractivity contribution >= 4 is 24.2 Å². The summed E-state index contributed by atoms with van der Waals surface area (Å²) in [6.07, 6.45) is 3.69. The molecule has 0 fully saturated rings. The molecule has 2 rings (SSSR count). The van der Waals surface area contributed by atoms with Crippen LogP contribution in [-0.4, -0.2) is 40.9 Å². The molecule has 2 unspecified atom stereocenters. The Morgan fingerprint density at radius 2 is 1.83 bits per heavy atom. The molecule has 0 radical (unpaired) electrons. The Morgan fingerprint density at radius 1 is 1.21 bits per heavy atom. The lowest BCUT2D eigenvalue weighted by molar-refractivity contribution is -0.141. The minimum atomic E-state index is -0.818. The Balaban J connectivity index is 0.00000288. The summed E-state index contributed by atoms with van der Waals surface area (Å²) in [5, 5.41) is 9.91. The summed E-state index contributed by atoms with van der Waals surface area (Å²) in [5.74, 6) is -1.48. The van der Waals surface area contributed by atoms with Gasteiger partial charge in [0, 0.05) is 11.6 Å². The molecule has 1 aliphatic carbocycles. The van der Waals surface area contributed by atoms with Crippen LogP contribution >= 0.6 is 12.4 Å². The van der Waals surface area contributed by atoms with E-state index in [0.29, 0.717) is 5.56 Å². The highest BCUT2D eigenvalue weighted by atomic mass is 35.5. The highest BCUT2D eigenvalue weighted by Gasteiger charge is 2.39. The number of carbonyl (C=O) groups excluding carboxylic acids is 1. The van der Waals surface area contributed by atoms with Crippen molar-refractivity contribution in [3.8, 4) is 0 Å². The van der Waals surface area contributed by atoms with Crippen LogP contribution in [0.4, 0.5) is 0 Å². The Hall–Kier alpha value is -1.39. The zero-order valence-corrected chi connectivity index (χ0v) is 15.6. The molecule has 0 spiro atoms. The maximum atomic E-state index is 12.1. The third-order valence-electron chi connectivity index (χ3n) is 4.74. The van der Waals surface area contributed by atoms with Crippen LogP contribution in [0.25, 0.3) is 0 Å². The van der Waals surface area contributed by atoms with Gasteiger partial charge in [0.1, 0.15) is 0 Å². The molecule has 5 heteroatoms. The Morgan fingerprint density at radius 3 is 2.33 bits per heavy atom.